The molecule has 29 heavy (non-hydrogen) atoms. The Morgan fingerprint density at radius 1 is 1.17 bits per heavy atom. The molecule has 4 unspecified atom stereocenters. The minimum Gasteiger partial charge on any atom is -0.363 e. The second-order valence-electron chi connectivity index (χ2n) is 11.0. The number of nitrogens with zero attached hydrogens (tertiary/aromatic N) is 1. The number of ketones is 1. The van der Waals surface area contributed by atoms with Gasteiger partial charge in [0.2, 0.25) is 17.6 Å². The maximum atomic E-state index is 13.3. The van der Waals surface area contributed by atoms with Crippen LogP contribution in [0.3, 0.4) is 0 Å². The molecule has 1 heterocycles. The molecule has 1 saturated heterocycles. The Morgan fingerprint density at radius 3 is 2.28 bits per heavy atom. The van der Waals surface area contributed by atoms with Crippen LogP contribution < -0.4 is 11.1 Å². The van der Waals surface area contributed by atoms with Crippen molar-refractivity contribution >= 4 is 23.5 Å². The van der Waals surface area contributed by atoms with Crippen LogP contribution in [0.1, 0.15) is 66.7 Å². The van der Waals surface area contributed by atoms with Crippen LogP contribution in [0, 0.1) is 28.6 Å². The highest BCUT2D eigenvalue weighted by Gasteiger charge is 2.69. The third-order valence-corrected chi connectivity index (χ3v) is 7.15. The minimum absolute atomic E-state index is 0.00230. The summed E-state index contributed by atoms with van der Waals surface area (Å²) in [6.07, 6.45) is 3.90. The normalized spacial score (nSPS) is 28.9. The van der Waals surface area contributed by atoms with Gasteiger partial charge in [0.15, 0.2) is 0 Å². The molecule has 7 heteroatoms. The summed E-state index contributed by atoms with van der Waals surface area (Å²) < 4.78 is 0. The number of carbonyl (C=O) groups excluding carboxylic acids is 4. The van der Waals surface area contributed by atoms with Gasteiger partial charge in [0.1, 0.15) is 6.04 Å². The molecule has 2 aliphatic carbocycles. The standard InChI is InChI=1S/C22H35N3O4/c1-21(2,3)10-15(26)25-11-13-16(22(13,4)5)17(25)20(29)24-14(18(27)19(23)28)9-12-7-6-8-12/h12-14,16-17H,6-11H2,1-5H3,(H2,23,28)(H,24,29). The molecule has 0 aromatic rings. The van der Waals surface area contributed by atoms with Gasteiger partial charge in [-0.2, -0.15) is 0 Å². The highest BCUT2D eigenvalue weighted by atomic mass is 16.2. The van der Waals surface area contributed by atoms with Gasteiger partial charge in [-0.1, -0.05) is 53.9 Å². The molecule has 2 saturated carbocycles. The van der Waals surface area contributed by atoms with E-state index in [1.54, 1.807) is 4.90 Å². The first-order valence-electron chi connectivity index (χ1n) is 10.8. The Balaban J connectivity index is 1.76. The summed E-state index contributed by atoms with van der Waals surface area (Å²) in [5.41, 5.74) is 5.05. The number of piperidine rings is 1. The Labute approximate surface area is 173 Å². The van der Waals surface area contributed by atoms with E-state index in [0.717, 1.165) is 19.3 Å². The lowest BCUT2D eigenvalue weighted by molar-refractivity contribution is -0.143. The summed E-state index contributed by atoms with van der Waals surface area (Å²) in [6.45, 7) is 10.8. The summed E-state index contributed by atoms with van der Waals surface area (Å²) in [5.74, 6) is -1.43. The molecule has 1 aliphatic heterocycles. The van der Waals surface area contributed by atoms with Gasteiger partial charge in [-0.25, -0.2) is 0 Å². The number of amides is 3. The molecule has 4 atom stereocenters. The fourth-order valence-electron chi connectivity index (χ4n) is 5.12. The molecule has 3 amide bonds. The number of Topliss-reactive ketones (excluding diaryl/α,β-unsaturated/α-hetero) is 1. The fraction of sp³-hybridized carbons (Fsp3) is 0.818. The highest BCUT2D eigenvalue weighted by molar-refractivity contribution is 6.37. The Kier molecular flexibility index (Phi) is 5.56. The predicted octanol–water partition coefficient (Wildman–Crippen LogP) is 1.64. The van der Waals surface area contributed by atoms with Crippen molar-refractivity contribution in [3.63, 3.8) is 0 Å². The minimum atomic E-state index is -1.02. The van der Waals surface area contributed by atoms with E-state index >= 15 is 0 Å². The number of carbonyl (C=O) groups is 4. The maximum absolute atomic E-state index is 13.3. The highest BCUT2D eigenvalue weighted by Crippen LogP contribution is 2.65. The Morgan fingerprint density at radius 2 is 1.79 bits per heavy atom. The average Bonchev–Trinajstić information content (AvgIpc) is 2.92. The van der Waals surface area contributed by atoms with Gasteiger partial charge in [0.25, 0.3) is 5.91 Å². The Bertz CT molecular complexity index is 720. The first kappa shape index (κ1) is 21.8. The van der Waals surface area contributed by atoms with Gasteiger partial charge in [0, 0.05) is 13.0 Å². The maximum Gasteiger partial charge on any atom is 0.287 e. The number of fused-ring (bicyclic) bond motifs is 1. The van der Waals surface area contributed by atoms with Gasteiger partial charge in [-0.05, 0) is 35.0 Å². The molecule has 0 aromatic carbocycles. The summed E-state index contributed by atoms with van der Waals surface area (Å²) in [6, 6.07) is -1.49. The first-order valence-corrected chi connectivity index (χ1v) is 10.8. The first-order chi connectivity index (χ1) is 13.3. The lowest BCUT2D eigenvalue weighted by Gasteiger charge is -2.34. The smallest absolute Gasteiger partial charge is 0.287 e. The van der Waals surface area contributed by atoms with Crippen molar-refractivity contribution in [3.05, 3.63) is 0 Å². The van der Waals surface area contributed by atoms with Crippen LogP contribution in [0.25, 0.3) is 0 Å². The van der Waals surface area contributed by atoms with E-state index in [0.29, 0.717) is 31.2 Å². The van der Waals surface area contributed by atoms with E-state index in [1.165, 1.54) is 0 Å². The molecule has 0 spiro atoms. The molecule has 0 bridgehead atoms. The van der Waals surface area contributed by atoms with Crippen LogP contribution in [0.2, 0.25) is 0 Å². The molecule has 162 valence electrons. The predicted molar refractivity (Wildman–Crippen MR) is 108 cm³/mol. The lowest BCUT2D eigenvalue weighted by atomic mass is 9.80. The van der Waals surface area contributed by atoms with Crippen molar-refractivity contribution in [3.8, 4) is 0 Å². The van der Waals surface area contributed by atoms with E-state index in [2.05, 4.69) is 19.2 Å². The summed E-state index contributed by atoms with van der Waals surface area (Å²) >= 11 is 0. The van der Waals surface area contributed by atoms with Crippen LogP contribution in [0.4, 0.5) is 0 Å². The molecule has 3 N–H and O–H groups in total. The van der Waals surface area contributed by atoms with Gasteiger partial charge in [-0.15, -0.1) is 0 Å². The van der Waals surface area contributed by atoms with Crippen LogP contribution in [0.5, 0.6) is 0 Å². The molecule has 7 nitrogen and oxygen atoms in total. The zero-order chi connectivity index (χ0) is 21.7. The number of nitrogens with two attached hydrogens (primary N) is 1. The van der Waals surface area contributed by atoms with E-state index in [1.807, 2.05) is 20.8 Å². The van der Waals surface area contributed by atoms with Crippen LogP contribution in [0.15, 0.2) is 0 Å². The number of rotatable bonds is 7. The van der Waals surface area contributed by atoms with Crippen LogP contribution in [-0.2, 0) is 19.2 Å². The zero-order valence-corrected chi connectivity index (χ0v) is 18.3. The molecular weight excluding hydrogens is 370 g/mol. The van der Waals surface area contributed by atoms with Gasteiger partial charge < -0.3 is 16.0 Å². The zero-order valence-electron chi connectivity index (χ0n) is 18.3. The van der Waals surface area contributed by atoms with Gasteiger partial charge in [0.05, 0.1) is 6.04 Å². The number of hydrogen-bond donors (Lipinski definition) is 2. The van der Waals surface area contributed by atoms with E-state index < -0.39 is 23.8 Å². The van der Waals surface area contributed by atoms with E-state index in [4.69, 9.17) is 5.73 Å². The second-order valence-corrected chi connectivity index (χ2v) is 11.0. The quantitative estimate of drug-likeness (QED) is 0.627. The SMILES string of the molecule is CC(C)(C)CC(=O)N1CC2C(C1C(=O)NC(CC1CCC1)C(=O)C(N)=O)C2(C)C. The average molecular weight is 406 g/mol. The van der Waals surface area contributed by atoms with Crippen molar-refractivity contribution in [2.45, 2.75) is 78.8 Å². The second kappa shape index (κ2) is 7.40. The van der Waals surface area contributed by atoms with Crippen molar-refractivity contribution in [1.82, 2.24) is 10.2 Å². The lowest BCUT2D eigenvalue weighted by Crippen LogP contribution is -2.55. The number of primary amides is 1. The number of nitrogens with one attached hydrogen (secondary N) is 1. The molecule has 3 fully saturated rings. The number of hydrogen-bond acceptors (Lipinski definition) is 4. The largest absolute Gasteiger partial charge is 0.363 e. The molecule has 0 radical (unpaired) electrons. The van der Waals surface area contributed by atoms with Crippen LogP contribution in [-0.4, -0.2) is 47.0 Å². The van der Waals surface area contributed by atoms with Crippen molar-refractivity contribution in [1.29, 1.82) is 0 Å². The van der Waals surface area contributed by atoms with Crippen molar-refractivity contribution < 1.29 is 19.2 Å². The molecule has 3 aliphatic rings. The van der Waals surface area contributed by atoms with Crippen molar-refractivity contribution in [2.75, 3.05) is 6.54 Å². The fourth-order valence-corrected chi connectivity index (χ4v) is 5.12. The third kappa shape index (κ3) is 4.33. The van der Waals surface area contributed by atoms with E-state index in [-0.39, 0.29) is 28.6 Å². The van der Waals surface area contributed by atoms with Crippen LogP contribution >= 0.6 is 0 Å². The van der Waals surface area contributed by atoms with Gasteiger partial charge >= 0.3 is 0 Å². The monoisotopic (exact) mass is 405 g/mol. The molecular formula is C22H35N3O4. The summed E-state index contributed by atoms with van der Waals surface area (Å²) in [4.78, 5) is 51.7. The Hall–Kier alpha value is -1.92. The molecule has 3 rings (SSSR count). The summed E-state index contributed by atoms with van der Waals surface area (Å²) in [7, 11) is 0. The van der Waals surface area contributed by atoms with E-state index in [9.17, 15) is 19.2 Å². The number of likely N-dealkylation sites (tertiary alicyclic amines) is 1. The summed E-state index contributed by atoms with van der Waals surface area (Å²) in [5, 5.41) is 2.80. The topological polar surface area (TPSA) is 110 Å². The van der Waals surface area contributed by atoms with Gasteiger partial charge in [-0.3, -0.25) is 19.2 Å². The third-order valence-electron chi connectivity index (χ3n) is 7.15. The van der Waals surface area contributed by atoms with Crippen molar-refractivity contribution in [2.24, 2.45) is 34.3 Å². The molecule has 0 aromatic heterocycles.